The quantitative estimate of drug-likeness (QED) is 0.743. The first-order chi connectivity index (χ1) is 9.68. The van der Waals surface area contributed by atoms with Crippen molar-refractivity contribution in [1.82, 2.24) is 9.80 Å². The number of carbonyl (C=O) groups is 2. The van der Waals surface area contributed by atoms with Crippen LogP contribution < -0.4 is 0 Å². The first-order valence-electron chi connectivity index (χ1n) is 8.23. The minimum absolute atomic E-state index is 0.131. The summed E-state index contributed by atoms with van der Waals surface area (Å²) in [5.74, 6) is 0.355. The molecule has 1 aliphatic carbocycles. The molecule has 1 saturated carbocycles. The van der Waals surface area contributed by atoms with Crippen molar-refractivity contribution in [3.8, 4) is 0 Å². The third-order valence-electron chi connectivity index (χ3n) is 4.70. The lowest BCUT2D eigenvalue weighted by Gasteiger charge is -2.30. The van der Waals surface area contributed by atoms with E-state index in [1.54, 1.807) is 6.92 Å². The van der Waals surface area contributed by atoms with Gasteiger partial charge in [-0.25, -0.2) is 0 Å². The molecule has 0 radical (unpaired) electrons. The summed E-state index contributed by atoms with van der Waals surface area (Å²) in [6, 6.07) is 0.362. The van der Waals surface area contributed by atoms with Gasteiger partial charge >= 0.3 is 0 Å². The molecule has 2 amide bonds. The SMILES string of the molecule is CC(=O)N(CCC(=O)N1CCCC1)C1CCCCCC1. The highest BCUT2D eigenvalue weighted by molar-refractivity contribution is 5.78. The molecule has 0 aromatic heterocycles. The van der Waals surface area contributed by atoms with Gasteiger partial charge < -0.3 is 9.80 Å². The van der Waals surface area contributed by atoms with E-state index < -0.39 is 0 Å². The highest BCUT2D eigenvalue weighted by Gasteiger charge is 2.24. The first-order valence-corrected chi connectivity index (χ1v) is 8.23. The second kappa shape index (κ2) is 7.65. The van der Waals surface area contributed by atoms with Crippen molar-refractivity contribution in [2.24, 2.45) is 0 Å². The molecule has 2 rings (SSSR count). The summed E-state index contributed by atoms with van der Waals surface area (Å²) < 4.78 is 0. The van der Waals surface area contributed by atoms with Crippen LogP contribution in [0.4, 0.5) is 0 Å². The maximum atomic E-state index is 12.1. The van der Waals surface area contributed by atoms with E-state index in [1.165, 1.54) is 25.7 Å². The molecule has 4 heteroatoms. The monoisotopic (exact) mass is 280 g/mol. The van der Waals surface area contributed by atoms with Crippen molar-refractivity contribution in [2.75, 3.05) is 19.6 Å². The van der Waals surface area contributed by atoms with Gasteiger partial charge in [-0.1, -0.05) is 25.7 Å². The van der Waals surface area contributed by atoms with Crippen LogP contribution in [0.3, 0.4) is 0 Å². The number of rotatable bonds is 4. The minimum Gasteiger partial charge on any atom is -0.343 e. The van der Waals surface area contributed by atoms with Crippen LogP contribution in [-0.4, -0.2) is 47.3 Å². The zero-order valence-electron chi connectivity index (χ0n) is 12.8. The van der Waals surface area contributed by atoms with E-state index >= 15 is 0 Å². The largest absolute Gasteiger partial charge is 0.343 e. The van der Waals surface area contributed by atoms with Crippen LogP contribution in [0.25, 0.3) is 0 Å². The van der Waals surface area contributed by atoms with Gasteiger partial charge in [0.25, 0.3) is 0 Å². The molecule has 4 nitrogen and oxygen atoms in total. The lowest BCUT2D eigenvalue weighted by molar-refractivity contribution is -0.134. The summed E-state index contributed by atoms with van der Waals surface area (Å²) in [6.45, 7) is 4.06. The summed E-state index contributed by atoms with van der Waals surface area (Å²) in [4.78, 5) is 27.9. The van der Waals surface area contributed by atoms with Gasteiger partial charge in [0.1, 0.15) is 0 Å². The highest BCUT2D eigenvalue weighted by atomic mass is 16.2. The van der Waals surface area contributed by atoms with Crippen LogP contribution in [0.1, 0.15) is 64.7 Å². The number of likely N-dealkylation sites (tertiary alicyclic amines) is 1. The second-order valence-electron chi connectivity index (χ2n) is 6.20. The van der Waals surface area contributed by atoms with Gasteiger partial charge in [0.2, 0.25) is 11.8 Å². The third kappa shape index (κ3) is 4.22. The molecule has 0 spiro atoms. The predicted molar refractivity (Wildman–Crippen MR) is 79.3 cm³/mol. The van der Waals surface area contributed by atoms with Crippen LogP contribution in [-0.2, 0) is 9.59 Å². The van der Waals surface area contributed by atoms with Gasteiger partial charge in [0.05, 0.1) is 0 Å². The van der Waals surface area contributed by atoms with Gasteiger partial charge in [-0.15, -0.1) is 0 Å². The van der Waals surface area contributed by atoms with Crippen molar-refractivity contribution in [1.29, 1.82) is 0 Å². The first kappa shape index (κ1) is 15.3. The van der Waals surface area contributed by atoms with Crippen molar-refractivity contribution < 1.29 is 9.59 Å². The Balaban J connectivity index is 1.84. The van der Waals surface area contributed by atoms with E-state index in [0.717, 1.165) is 38.8 Å². The Morgan fingerprint density at radius 3 is 2.15 bits per heavy atom. The fraction of sp³-hybridized carbons (Fsp3) is 0.875. The molecule has 114 valence electrons. The van der Waals surface area contributed by atoms with Gasteiger partial charge in [0, 0.05) is 39.0 Å². The zero-order chi connectivity index (χ0) is 14.4. The van der Waals surface area contributed by atoms with Crippen LogP contribution in [0.15, 0.2) is 0 Å². The van der Waals surface area contributed by atoms with Crippen molar-refractivity contribution in [3.05, 3.63) is 0 Å². The Hall–Kier alpha value is -1.06. The van der Waals surface area contributed by atoms with Gasteiger partial charge in [-0.3, -0.25) is 9.59 Å². The summed E-state index contributed by atoms with van der Waals surface area (Å²) in [7, 11) is 0. The maximum absolute atomic E-state index is 12.1. The van der Waals surface area contributed by atoms with Crippen LogP contribution >= 0.6 is 0 Å². The standard InChI is InChI=1S/C16H28N2O2/c1-14(19)18(15-8-4-2-3-5-9-15)13-10-16(20)17-11-6-7-12-17/h15H,2-13H2,1H3. The number of amides is 2. The molecule has 0 N–H and O–H groups in total. The predicted octanol–water partition coefficient (Wildman–Crippen LogP) is 2.57. The number of carbonyl (C=O) groups excluding carboxylic acids is 2. The lowest BCUT2D eigenvalue weighted by atomic mass is 10.1. The van der Waals surface area contributed by atoms with E-state index in [9.17, 15) is 9.59 Å². The molecule has 0 unspecified atom stereocenters. The fourth-order valence-electron chi connectivity index (χ4n) is 3.51. The molecule has 0 atom stereocenters. The Morgan fingerprint density at radius 2 is 1.60 bits per heavy atom. The Kier molecular flexibility index (Phi) is 5.86. The highest BCUT2D eigenvalue weighted by Crippen LogP contribution is 2.22. The van der Waals surface area contributed by atoms with Crippen molar-refractivity contribution in [2.45, 2.75) is 70.8 Å². The third-order valence-corrected chi connectivity index (χ3v) is 4.70. The van der Waals surface area contributed by atoms with Crippen LogP contribution in [0, 0.1) is 0 Å². The zero-order valence-corrected chi connectivity index (χ0v) is 12.8. The Bertz CT molecular complexity index is 329. The molecule has 1 heterocycles. The number of hydrogen-bond acceptors (Lipinski definition) is 2. The van der Waals surface area contributed by atoms with Crippen LogP contribution in [0.2, 0.25) is 0 Å². The van der Waals surface area contributed by atoms with Crippen LogP contribution in [0.5, 0.6) is 0 Å². The molecule has 2 aliphatic rings. The molecule has 0 aromatic carbocycles. The van der Waals surface area contributed by atoms with Crippen molar-refractivity contribution >= 4 is 11.8 Å². The average molecular weight is 280 g/mol. The molecule has 2 fully saturated rings. The topological polar surface area (TPSA) is 40.6 Å². The fourth-order valence-corrected chi connectivity index (χ4v) is 3.51. The number of hydrogen-bond donors (Lipinski definition) is 0. The smallest absolute Gasteiger partial charge is 0.224 e. The second-order valence-corrected chi connectivity index (χ2v) is 6.20. The molecular formula is C16H28N2O2. The van der Waals surface area contributed by atoms with Gasteiger partial charge in [0.15, 0.2) is 0 Å². The average Bonchev–Trinajstić information content (AvgIpc) is 2.83. The van der Waals surface area contributed by atoms with E-state index in [4.69, 9.17) is 0 Å². The molecule has 0 aromatic rings. The molecule has 0 bridgehead atoms. The van der Waals surface area contributed by atoms with E-state index in [0.29, 0.717) is 19.0 Å². The summed E-state index contributed by atoms with van der Waals surface area (Å²) >= 11 is 0. The molecule has 1 saturated heterocycles. The molecule has 20 heavy (non-hydrogen) atoms. The molecule has 1 aliphatic heterocycles. The number of nitrogens with zero attached hydrogens (tertiary/aromatic N) is 2. The molecular weight excluding hydrogens is 252 g/mol. The summed E-state index contributed by atoms with van der Waals surface area (Å²) in [5.41, 5.74) is 0. The lowest BCUT2D eigenvalue weighted by Crippen LogP contribution is -2.41. The van der Waals surface area contributed by atoms with Crippen molar-refractivity contribution in [3.63, 3.8) is 0 Å². The Labute approximate surface area is 122 Å². The van der Waals surface area contributed by atoms with Gasteiger partial charge in [-0.2, -0.15) is 0 Å². The summed E-state index contributed by atoms with van der Waals surface area (Å²) in [6.07, 6.45) is 9.98. The normalized spacial score (nSPS) is 20.8. The van der Waals surface area contributed by atoms with Gasteiger partial charge in [-0.05, 0) is 25.7 Å². The van der Waals surface area contributed by atoms with E-state index in [-0.39, 0.29) is 11.8 Å². The summed E-state index contributed by atoms with van der Waals surface area (Å²) in [5, 5.41) is 0. The Morgan fingerprint density at radius 1 is 1.00 bits per heavy atom. The maximum Gasteiger partial charge on any atom is 0.224 e. The van der Waals surface area contributed by atoms with E-state index in [2.05, 4.69) is 0 Å². The van der Waals surface area contributed by atoms with E-state index in [1.807, 2.05) is 9.80 Å². The minimum atomic E-state index is 0.131.